The number of pyridine rings is 1. The van der Waals surface area contributed by atoms with Crippen LogP contribution in [0.1, 0.15) is 55.3 Å². The number of nitrogens with two attached hydrogens (primary N) is 1. The number of rotatable bonds is 11. The molecule has 0 spiro atoms. The maximum Gasteiger partial charge on any atom is 0.237 e. The second-order valence-electron chi connectivity index (χ2n) is 9.94. The van der Waals surface area contributed by atoms with E-state index in [0.29, 0.717) is 13.0 Å². The number of H-pyrrole nitrogens is 1. The first-order chi connectivity index (χ1) is 17.7. The minimum Gasteiger partial charge on any atom is -0.384 e. The van der Waals surface area contributed by atoms with Crippen LogP contribution in [0.5, 0.6) is 0 Å². The van der Waals surface area contributed by atoms with Crippen LogP contribution in [0, 0.1) is 0 Å². The Morgan fingerprint density at radius 2 is 1.63 bits per heavy atom. The number of hydrogen-bond acceptors (Lipinski definition) is 4. The molecule has 0 saturated heterocycles. The molecule has 1 atom stereocenters. The van der Waals surface area contributed by atoms with Gasteiger partial charge in [-0.25, -0.2) is 0 Å². The van der Waals surface area contributed by atoms with E-state index in [2.05, 4.69) is 45.9 Å². The molecular formula is C30H39Cl2N5O. The number of unbranched alkanes of at least 4 members (excludes halogenated alkanes) is 3. The smallest absolute Gasteiger partial charge is 0.237 e. The van der Waals surface area contributed by atoms with Gasteiger partial charge in [0.05, 0.1) is 11.6 Å². The number of benzene rings is 2. The van der Waals surface area contributed by atoms with E-state index in [1.807, 2.05) is 24.4 Å². The summed E-state index contributed by atoms with van der Waals surface area (Å²) in [4.78, 5) is 20.6. The number of carbonyl (C=O) groups is 1. The Morgan fingerprint density at radius 1 is 0.921 bits per heavy atom. The van der Waals surface area contributed by atoms with Gasteiger partial charge in [-0.2, -0.15) is 0 Å². The fraction of sp³-hybridized carbons (Fsp3) is 0.400. The molecule has 1 aliphatic rings. The number of halogens is 2. The van der Waals surface area contributed by atoms with Gasteiger partial charge < -0.3 is 21.4 Å². The van der Waals surface area contributed by atoms with Gasteiger partial charge in [-0.1, -0.05) is 49.2 Å². The lowest BCUT2D eigenvalue weighted by Gasteiger charge is -2.21. The van der Waals surface area contributed by atoms with Crippen molar-refractivity contribution in [3.05, 3.63) is 71.5 Å². The molecule has 0 aliphatic heterocycles. The molecular weight excluding hydrogens is 517 g/mol. The van der Waals surface area contributed by atoms with E-state index >= 15 is 0 Å². The Labute approximate surface area is 237 Å². The molecule has 1 aliphatic carbocycles. The molecule has 2 aromatic heterocycles. The second kappa shape index (κ2) is 14.4. The van der Waals surface area contributed by atoms with Crippen LogP contribution in [-0.2, 0) is 24.1 Å². The number of amides is 1. The Hall–Kier alpha value is -2.80. The molecule has 38 heavy (non-hydrogen) atoms. The average Bonchev–Trinajstić information content (AvgIpc) is 3.32. The maximum absolute atomic E-state index is 12.5. The zero-order chi connectivity index (χ0) is 24.7. The van der Waals surface area contributed by atoms with Crippen molar-refractivity contribution in [2.24, 2.45) is 5.73 Å². The van der Waals surface area contributed by atoms with Crippen LogP contribution in [0.4, 0.5) is 5.69 Å². The number of hydrogen-bond donors (Lipinski definition) is 4. The molecule has 0 radical (unpaired) electrons. The van der Waals surface area contributed by atoms with Gasteiger partial charge in [-0.3, -0.25) is 9.78 Å². The lowest BCUT2D eigenvalue weighted by molar-refractivity contribution is -0.122. The third-order valence-corrected chi connectivity index (χ3v) is 7.33. The molecule has 8 heteroatoms. The van der Waals surface area contributed by atoms with Crippen molar-refractivity contribution in [1.29, 1.82) is 0 Å². The lowest BCUT2D eigenvalue weighted by Crippen LogP contribution is -2.42. The van der Waals surface area contributed by atoms with Gasteiger partial charge in [0.1, 0.15) is 0 Å². The normalized spacial score (nSPS) is 13.3. The summed E-state index contributed by atoms with van der Waals surface area (Å²) in [6.45, 7) is 1.64. The van der Waals surface area contributed by atoms with Crippen LogP contribution in [0.25, 0.3) is 21.8 Å². The van der Waals surface area contributed by atoms with Gasteiger partial charge in [0.2, 0.25) is 5.91 Å². The molecule has 0 fully saturated rings. The molecule has 0 bridgehead atoms. The number of aromatic nitrogens is 2. The monoisotopic (exact) mass is 555 g/mol. The van der Waals surface area contributed by atoms with Gasteiger partial charge >= 0.3 is 0 Å². The number of para-hydroxylation sites is 2. The molecule has 5 rings (SSSR count). The standard InChI is InChI=1S/C30H37N5O.2ClH/c31-25(19-21-20-34-26-14-6-3-11-22(21)26)30(36)33-18-10-2-1-9-17-32-29-23-12-4-7-15-27(23)35-28-16-8-5-13-24(28)29;;/h3-4,6-7,11-12,14-15,20,25,34H,1-2,5,8-10,13,16-19,31H2,(H,32,35)(H,33,36);2*1H/t25-;;/m0../s1. The summed E-state index contributed by atoms with van der Waals surface area (Å²) < 4.78 is 0. The fourth-order valence-corrected chi connectivity index (χ4v) is 5.36. The van der Waals surface area contributed by atoms with Crippen molar-refractivity contribution in [3.8, 4) is 0 Å². The van der Waals surface area contributed by atoms with Crippen LogP contribution in [0.2, 0.25) is 0 Å². The van der Waals surface area contributed by atoms with E-state index in [9.17, 15) is 4.79 Å². The number of fused-ring (bicyclic) bond motifs is 3. The molecule has 6 nitrogen and oxygen atoms in total. The van der Waals surface area contributed by atoms with Crippen molar-refractivity contribution in [3.63, 3.8) is 0 Å². The third kappa shape index (κ3) is 6.99. The van der Waals surface area contributed by atoms with Gasteiger partial charge in [-0.05, 0) is 68.2 Å². The Morgan fingerprint density at radius 3 is 2.47 bits per heavy atom. The van der Waals surface area contributed by atoms with Gasteiger partial charge in [0, 0.05) is 47.0 Å². The van der Waals surface area contributed by atoms with Crippen LogP contribution in [-0.4, -0.2) is 35.0 Å². The molecule has 2 aromatic carbocycles. The predicted molar refractivity (Wildman–Crippen MR) is 163 cm³/mol. The van der Waals surface area contributed by atoms with Crippen LogP contribution in [0.15, 0.2) is 54.7 Å². The Bertz CT molecular complexity index is 1340. The first-order valence-electron chi connectivity index (χ1n) is 13.4. The van der Waals surface area contributed by atoms with Crippen molar-refractivity contribution in [2.45, 2.75) is 63.8 Å². The van der Waals surface area contributed by atoms with E-state index in [1.54, 1.807) is 0 Å². The average molecular weight is 557 g/mol. The second-order valence-corrected chi connectivity index (χ2v) is 9.94. The van der Waals surface area contributed by atoms with E-state index in [0.717, 1.165) is 67.1 Å². The summed E-state index contributed by atoms with van der Waals surface area (Å²) in [7, 11) is 0. The summed E-state index contributed by atoms with van der Waals surface area (Å²) in [6.07, 6.45) is 11.5. The number of aryl methyl sites for hydroxylation is 1. The number of carbonyl (C=O) groups excluding carboxylic acids is 1. The number of nitrogens with zero attached hydrogens (tertiary/aromatic N) is 1. The fourth-order valence-electron chi connectivity index (χ4n) is 5.36. The molecule has 1 amide bonds. The maximum atomic E-state index is 12.5. The predicted octanol–water partition coefficient (Wildman–Crippen LogP) is 6.10. The van der Waals surface area contributed by atoms with Crippen molar-refractivity contribution in [2.75, 3.05) is 18.4 Å². The minimum atomic E-state index is -0.533. The van der Waals surface area contributed by atoms with Crippen molar-refractivity contribution >= 4 is 58.2 Å². The number of anilines is 1. The van der Waals surface area contributed by atoms with Crippen LogP contribution < -0.4 is 16.4 Å². The molecule has 0 unspecified atom stereocenters. The summed E-state index contributed by atoms with van der Waals surface area (Å²) in [5.74, 6) is -0.0729. The molecule has 204 valence electrons. The van der Waals surface area contributed by atoms with Crippen LogP contribution >= 0.6 is 24.8 Å². The van der Waals surface area contributed by atoms with Gasteiger partial charge in [0.15, 0.2) is 0 Å². The highest BCUT2D eigenvalue weighted by Crippen LogP contribution is 2.33. The van der Waals surface area contributed by atoms with Gasteiger partial charge in [0.25, 0.3) is 0 Å². The SMILES string of the molecule is Cl.Cl.N[C@@H](Cc1c[nH]c2ccccc12)C(=O)NCCCCCCNc1c2c(nc3ccccc13)CCCC2. The quantitative estimate of drug-likeness (QED) is 0.168. The summed E-state index contributed by atoms with van der Waals surface area (Å²) >= 11 is 0. The molecule has 2 heterocycles. The Kier molecular flexibility index (Phi) is 11.3. The van der Waals surface area contributed by atoms with Crippen molar-refractivity contribution in [1.82, 2.24) is 15.3 Å². The number of aromatic amines is 1. The van der Waals surface area contributed by atoms with Crippen LogP contribution in [0.3, 0.4) is 0 Å². The first kappa shape index (κ1) is 29.8. The lowest BCUT2D eigenvalue weighted by atomic mass is 9.92. The van der Waals surface area contributed by atoms with E-state index in [1.165, 1.54) is 35.2 Å². The highest BCUT2D eigenvalue weighted by molar-refractivity contribution is 5.93. The number of nitrogens with one attached hydrogen (secondary N) is 3. The third-order valence-electron chi connectivity index (χ3n) is 7.33. The molecule has 4 aromatic rings. The summed E-state index contributed by atoms with van der Waals surface area (Å²) in [6, 6.07) is 16.1. The zero-order valence-electron chi connectivity index (χ0n) is 21.8. The van der Waals surface area contributed by atoms with Crippen molar-refractivity contribution < 1.29 is 4.79 Å². The summed E-state index contributed by atoms with van der Waals surface area (Å²) in [5.41, 5.74) is 13.4. The molecule has 0 saturated carbocycles. The highest BCUT2D eigenvalue weighted by atomic mass is 35.5. The summed E-state index contributed by atoms with van der Waals surface area (Å²) in [5, 5.41) is 9.14. The van der Waals surface area contributed by atoms with E-state index < -0.39 is 6.04 Å². The topological polar surface area (TPSA) is 95.8 Å². The van der Waals surface area contributed by atoms with E-state index in [4.69, 9.17) is 10.7 Å². The highest BCUT2D eigenvalue weighted by Gasteiger charge is 2.18. The minimum absolute atomic E-state index is 0. The zero-order valence-corrected chi connectivity index (χ0v) is 23.4. The van der Waals surface area contributed by atoms with Gasteiger partial charge in [-0.15, -0.1) is 24.8 Å². The Balaban J connectivity index is 0.00000200. The largest absolute Gasteiger partial charge is 0.384 e. The first-order valence-corrected chi connectivity index (χ1v) is 13.4. The molecule has 5 N–H and O–H groups in total. The van der Waals surface area contributed by atoms with E-state index in [-0.39, 0.29) is 30.7 Å².